The van der Waals surface area contributed by atoms with Gasteiger partial charge in [0.25, 0.3) is 0 Å². The van der Waals surface area contributed by atoms with E-state index in [1.165, 1.54) is 0 Å². The summed E-state index contributed by atoms with van der Waals surface area (Å²) in [6.45, 7) is 2.15. The minimum absolute atomic E-state index is 0.144. The summed E-state index contributed by atoms with van der Waals surface area (Å²) in [5.41, 5.74) is 4.98. The van der Waals surface area contributed by atoms with Gasteiger partial charge in [0.1, 0.15) is 5.82 Å². The molecule has 0 spiro atoms. The molecule has 0 heterocycles. The van der Waals surface area contributed by atoms with Gasteiger partial charge in [0, 0.05) is 6.54 Å². The van der Waals surface area contributed by atoms with Gasteiger partial charge in [-0.25, -0.2) is 25.9 Å². The first kappa shape index (κ1) is 18.8. The molecule has 1 aromatic rings. The monoisotopic (exact) mass is 353 g/mol. The summed E-state index contributed by atoms with van der Waals surface area (Å²) >= 11 is 0. The van der Waals surface area contributed by atoms with E-state index < -0.39 is 25.9 Å². The van der Waals surface area contributed by atoms with Gasteiger partial charge in [0.05, 0.1) is 16.3 Å². The van der Waals surface area contributed by atoms with Gasteiger partial charge in [-0.15, -0.1) is 0 Å². The highest BCUT2D eigenvalue weighted by molar-refractivity contribution is 7.92. The van der Waals surface area contributed by atoms with E-state index in [9.17, 15) is 21.2 Å². The molecular formula is C12H20FN3O4S2. The van der Waals surface area contributed by atoms with Crippen LogP contribution in [0, 0.1) is 5.82 Å². The fourth-order valence-electron chi connectivity index (χ4n) is 1.62. The van der Waals surface area contributed by atoms with E-state index in [4.69, 9.17) is 5.73 Å². The topological polar surface area (TPSA) is 118 Å². The maximum Gasteiger partial charge on any atom is 0.240 e. The molecule has 0 amide bonds. The van der Waals surface area contributed by atoms with E-state index in [1.807, 2.05) is 0 Å². The zero-order valence-corrected chi connectivity index (χ0v) is 13.8. The molecule has 0 aliphatic heterocycles. The predicted molar refractivity (Wildman–Crippen MR) is 83.0 cm³/mol. The van der Waals surface area contributed by atoms with Crippen molar-refractivity contribution >= 4 is 25.7 Å². The Bertz CT molecular complexity index is 705. The molecule has 10 heteroatoms. The van der Waals surface area contributed by atoms with Crippen LogP contribution >= 0.6 is 0 Å². The zero-order valence-electron chi connectivity index (χ0n) is 12.2. The fourth-order valence-corrected chi connectivity index (χ4v) is 3.85. The first-order valence-corrected chi connectivity index (χ1v) is 9.85. The van der Waals surface area contributed by atoms with Crippen LogP contribution in [0.2, 0.25) is 0 Å². The Morgan fingerprint density at radius 1 is 1.23 bits per heavy atom. The normalized spacial score (nSPS) is 12.3. The van der Waals surface area contributed by atoms with Gasteiger partial charge in [-0.3, -0.25) is 4.72 Å². The minimum Gasteiger partial charge on any atom is -0.330 e. The Labute approximate surface area is 130 Å². The third kappa shape index (κ3) is 5.52. The molecule has 0 bridgehead atoms. The number of rotatable bonds is 9. The second-order valence-corrected chi connectivity index (χ2v) is 8.21. The third-order valence-electron chi connectivity index (χ3n) is 2.66. The first-order valence-electron chi connectivity index (χ1n) is 6.71. The smallest absolute Gasteiger partial charge is 0.240 e. The van der Waals surface area contributed by atoms with Crippen LogP contribution in [0.5, 0.6) is 0 Å². The lowest BCUT2D eigenvalue weighted by atomic mass is 10.3. The van der Waals surface area contributed by atoms with E-state index in [0.29, 0.717) is 19.4 Å². The molecule has 7 nitrogen and oxygen atoms in total. The number of halogens is 1. The maximum atomic E-state index is 13.9. The van der Waals surface area contributed by atoms with Gasteiger partial charge < -0.3 is 5.73 Å². The van der Waals surface area contributed by atoms with Crippen LogP contribution in [0.1, 0.15) is 19.8 Å². The molecule has 1 rings (SSSR count). The number of hydrogen-bond donors (Lipinski definition) is 3. The molecule has 0 aliphatic carbocycles. The number of hydrogen-bond acceptors (Lipinski definition) is 5. The van der Waals surface area contributed by atoms with Gasteiger partial charge >= 0.3 is 0 Å². The summed E-state index contributed by atoms with van der Waals surface area (Å²) in [4.78, 5) is -0.277. The number of benzene rings is 1. The Hall–Kier alpha value is -1.23. The van der Waals surface area contributed by atoms with E-state index in [2.05, 4.69) is 9.44 Å². The fraction of sp³-hybridized carbons (Fsp3) is 0.500. The van der Waals surface area contributed by atoms with E-state index in [-0.39, 0.29) is 22.9 Å². The maximum absolute atomic E-state index is 13.9. The van der Waals surface area contributed by atoms with E-state index in [1.54, 1.807) is 6.92 Å². The van der Waals surface area contributed by atoms with E-state index in [0.717, 1.165) is 18.2 Å². The van der Waals surface area contributed by atoms with Crippen LogP contribution in [-0.2, 0) is 20.0 Å². The van der Waals surface area contributed by atoms with Crippen molar-refractivity contribution < 1.29 is 21.2 Å². The summed E-state index contributed by atoms with van der Waals surface area (Å²) in [5.74, 6) is -1.10. The average molecular weight is 353 g/mol. The second kappa shape index (κ2) is 7.86. The first-order chi connectivity index (χ1) is 10.2. The van der Waals surface area contributed by atoms with Gasteiger partial charge in [0.15, 0.2) is 0 Å². The van der Waals surface area contributed by atoms with Crippen molar-refractivity contribution in [2.45, 2.75) is 24.7 Å². The summed E-state index contributed by atoms with van der Waals surface area (Å²) < 4.78 is 65.2. The largest absolute Gasteiger partial charge is 0.330 e. The number of sulfonamides is 2. The van der Waals surface area contributed by atoms with Crippen LogP contribution in [0.3, 0.4) is 0 Å². The van der Waals surface area contributed by atoms with Crippen molar-refractivity contribution in [3.8, 4) is 0 Å². The summed E-state index contributed by atoms with van der Waals surface area (Å²) in [7, 11) is -7.49. The summed E-state index contributed by atoms with van der Waals surface area (Å²) in [6, 6.07) is 2.99. The average Bonchev–Trinajstić information content (AvgIpc) is 2.40. The quantitative estimate of drug-likeness (QED) is 0.562. The van der Waals surface area contributed by atoms with Crippen molar-refractivity contribution in [1.82, 2.24) is 4.72 Å². The molecule has 0 aromatic heterocycles. The number of nitrogens with two attached hydrogens (primary N) is 1. The van der Waals surface area contributed by atoms with Gasteiger partial charge in [-0.1, -0.05) is 6.92 Å². The molecule has 0 atom stereocenters. The predicted octanol–water partition coefficient (Wildman–Crippen LogP) is 0.605. The highest BCUT2D eigenvalue weighted by atomic mass is 32.2. The number of anilines is 1. The molecule has 4 N–H and O–H groups in total. The molecule has 0 saturated heterocycles. The van der Waals surface area contributed by atoms with E-state index >= 15 is 0 Å². The zero-order chi connectivity index (χ0) is 16.8. The minimum atomic E-state index is -3.85. The van der Waals surface area contributed by atoms with Crippen molar-refractivity contribution in [1.29, 1.82) is 0 Å². The molecule has 22 heavy (non-hydrogen) atoms. The molecule has 0 unspecified atom stereocenters. The van der Waals surface area contributed by atoms with Crippen LogP contribution in [0.25, 0.3) is 0 Å². The highest BCUT2D eigenvalue weighted by Gasteiger charge is 2.18. The lowest BCUT2D eigenvalue weighted by Crippen LogP contribution is -2.26. The Morgan fingerprint density at radius 3 is 2.45 bits per heavy atom. The highest BCUT2D eigenvalue weighted by Crippen LogP contribution is 2.20. The molecule has 126 valence electrons. The molecule has 0 radical (unpaired) electrons. The third-order valence-corrected chi connectivity index (χ3v) is 5.60. The lowest BCUT2D eigenvalue weighted by Gasteiger charge is -2.10. The standard InChI is InChI=1S/C12H20FN3O4S2/c1-2-8-21(17,18)16-12-5-4-10(9-11(12)13)22(19,20)15-7-3-6-14/h4-5,9,15-16H,2-3,6-8,14H2,1H3. The van der Waals surface area contributed by atoms with Crippen LogP contribution < -0.4 is 15.2 Å². The van der Waals surface area contributed by atoms with Crippen molar-refractivity contribution in [3.05, 3.63) is 24.0 Å². The second-order valence-electron chi connectivity index (χ2n) is 4.60. The molecule has 1 aromatic carbocycles. The Morgan fingerprint density at radius 2 is 1.91 bits per heavy atom. The van der Waals surface area contributed by atoms with Gasteiger partial charge in [-0.2, -0.15) is 0 Å². The molecular weight excluding hydrogens is 333 g/mol. The van der Waals surface area contributed by atoms with Crippen molar-refractivity contribution in [2.24, 2.45) is 5.73 Å². The Balaban J connectivity index is 2.94. The summed E-state index contributed by atoms with van der Waals surface area (Å²) in [5, 5.41) is 0. The lowest BCUT2D eigenvalue weighted by molar-refractivity contribution is 0.576. The molecule has 0 fully saturated rings. The van der Waals surface area contributed by atoms with Gasteiger partial charge in [0.2, 0.25) is 20.0 Å². The SMILES string of the molecule is CCCS(=O)(=O)Nc1ccc(S(=O)(=O)NCCCN)cc1F. The van der Waals surface area contributed by atoms with Crippen molar-refractivity contribution in [3.63, 3.8) is 0 Å². The van der Waals surface area contributed by atoms with Crippen LogP contribution in [-0.4, -0.2) is 35.7 Å². The van der Waals surface area contributed by atoms with Crippen LogP contribution in [0.4, 0.5) is 10.1 Å². The molecule has 0 aliphatic rings. The summed E-state index contributed by atoms with van der Waals surface area (Å²) in [6.07, 6.45) is 0.838. The number of nitrogens with one attached hydrogen (secondary N) is 2. The van der Waals surface area contributed by atoms with Crippen LogP contribution in [0.15, 0.2) is 23.1 Å². The molecule has 0 saturated carbocycles. The van der Waals surface area contributed by atoms with Gasteiger partial charge in [-0.05, 0) is 37.6 Å². The Kier molecular flexibility index (Phi) is 6.72. The van der Waals surface area contributed by atoms with Crippen molar-refractivity contribution in [2.75, 3.05) is 23.6 Å².